The summed E-state index contributed by atoms with van der Waals surface area (Å²) in [5, 5.41) is 9.40. The molecule has 1 unspecified atom stereocenters. The third-order valence-electron chi connectivity index (χ3n) is 5.84. The van der Waals surface area contributed by atoms with E-state index < -0.39 is 0 Å². The topological polar surface area (TPSA) is 101 Å². The number of ether oxygens (including phenoxy) is 1. The minimum Gasteiger partial charge on any atom is -0.438 e. The third kappa shape index (κ3) is 3.82. The van der Waals surface area contributed by atoms with Gasteiger partial charge in [0.05, 0.1) is 16.5 Å². The van der Waals surface area contributed by atoms with Crippen LogP contribution in [0.2, 0.25) is 0 Å². The highest BCUT2D eigenvalue weighted by atomic mass is 32.2. The molecule has 0 radical (unpaired) electrons. The molecule has 6 nitrogen and oxygen atoms in total. The molecule has 0 amide bonds. The summed E-state index contributed by atoms with van der Waals surface area (Å²) in [4.78, 5) is 7.77. The number of aryl methyl sites for hydroxylation is 1. The van der Waals surface area contributed by atoms with Gasteiger partial charge < -0.3 is 21.1 Å². The molecule has 1 atom stereocenters. The van der Waals surface area contributed by atoms with Gasteiger partial charge in [-0.15, -0.1) is 11.8 Å². The molecule has 0 spiro atoms. The number of hydrogen-bond donors (Lipinski definition) is 2. The summed E-state index contributed by atoms with van der Waals surface area (Å²) in [7, 11) is 0. The van der Waals surface area contributed by atoms with Gasteiger partial charge in [0.15, 0.2) is 0 Å². The van der Waals surface area contributed by atoms with Crippen molar-refractivity contribution in [2.75, 3.05) is 29.5 Å². The molecule has 4 N–H and O–H groups in total. The Balaban J connectivity index is 1.85. The normalized spacial score (nSPS) is 14.1. The number of nitriles is 1. The zero-order valence-electron chi connectivity index (χ0n) is 18.6. The Morgan fingerprint density at radius 1 is 1.09 bits per heavy atom. The van der Waals surface area contributed by atoms with Crippen LogP contribution in [0.5, 0.6) is 11.6 Å². The van der Waals surface area contributed by atoms with E-state index in [1.54, 1.807) is 11.8 Å². The number of anilines is 3. The number of nitrogens with zero attached hydrogens (tertiary/aromatic N) is 3. The van der Waals surface area contributed by atoms with E-state index in [1.807, 2.05) is 6.07 Å². The van der Waals surface area contributed by atoms with E-state index in [-0.39, 0.29) is 16.6 Å². The predicted octanol–water partition coefficient (Wildman–Crippen LogP) is 5.51. The van der Waals surface area contributed by atoms with Crippen LogP contribution in [0.15, 0.2) is 47.4 Å². The molecule has 1 aliphatic rings. The van der Waals surface area contributed by atoms with Crippen molar-refractivity contribution in [3.8, 4) is 17.7 Å². The zero-order chi connectivity index (χ0) is 22.8. The van der Waals surface area contributed by atoms with Gasteiger partial charge in [0.25, 0.3) is 0 Å². The average molecular weight is 446 g/mol. The summed E-state index contributed by atoms with van der Waals surface area (Å²) in [6, 6.07) is 16.9. The lowest BCUT2D eigenvalue weighted by Crippen LogP contribution is -2.22. The number of nitrogens with two attached hydrogens (primary N) is 2. The molecule has 0 saturated heterocycles. The zero-order valence-corrected chi connectivity index (χ0v) is 19.4. The van der Waals surface area contributed by atoms with Crippen molar-refractivity contribution in [3.63, 3.8) is 0 Å². The monoisotopic (exact) mass is 445 g/mol. The average Bonchev–Trinajstić information content (AvgIpc) is 2.80. The first-order chi connectivity index (χ1) is 15.5. The van der Waals surface area contributed by atoms with Gasteiger partial charge in [0.1, 0.15) is 23.2 Å². The largest absolute Gasteiger partial charge is 0.438 e. The summed E-state index contributed by atoms with van der Waals surface area (Å²) in [5.41, 5.74) is 17.1. The van der Waals surface area contributed by atoms with Crippen LogP contribution >= 0.6 is 11.8 Å². The Kier molecular flexibility index (Phi) is 6.15. The second-order valence-electron chi connectivity index (χ2n) is 7.61. The molecule has 164 valence electrons. The fourth-order valence-electron chi connectivity index (χ4n) is 4.00. The van der Waals surface area contributed by atoms with Crippen LogP contribution in [0.25, 0.3) is 0 Å². The number of aromatic nitrogens is 1. The maximum atomic E-state index is 9.58. The molecule has 0 bridgehead atoms. The van der Waals surface area contributed by atoms with Crippen molar-refractivity contribution in [2.24, 2.45) is 0 Å². The van der Waals surface area contributed by atoms with Crippen LogP contribution in [0.3, 0.4) is 0 Å². The molecule has 0 saturated carbocycles. The van der Waals surface area contributed by atoms with Crippen LogP contribution in [-0.4, -0.2) is 18.1 Å². The van der Waals surface area contributed by atoms with Crippen LogP contribution in [0, 0.1) is 11.3 Å². The number of thioether (sulfide) groups is 1. The van der Waals surface area contributed by atoms with E-state index in [9.17, 15) is 5.26 Å². The first kappa shape index (κ1) is 21.8. The third-order valence-corrected chi connectivity index (χ3v) is 7.11. The molecule has 7 heteroatoms. The van der Waals surface area contributed by atoms with E-state index in [1.165, 1.54) is 5.56 Å². The van der Waals surface area contributed by atoms with Crippen molar-refractivity contribution >= 4 is 29.0 Å². The molecule has 3 aromatic rings. The lowest BCUT2D eigenvalue weighted by Gasteiger charge is -2.30. The second kappa shape index (κ2) is 9.01. The fourth-order valence-corrected chi connectivity index (χ4v) is 5.23. The van der Waals surface area contributed by atoms with Gasteiger partial charge in [-0.2, -0.15) is 10.2 Å². The van der Waals surface area contributed by atoms with Crippen molar-refractivity contribution < 1.29 is 4.74 Å². The Labute approximate surface area is 193 Å². The summed E-state index contributed by atoms with van der Waals surface area (Å²) in [6.45, 7) is 8.20. The quantitative estimate of drug-likeness (QED) is 0.515. The maximum absolute atomic E-state index is 9.58. The SMILES string of the molecule is CCc1ccc(SC2c3ccc(N(CC)CC)cc3Oc3nc(N)c(C#N)c(N)c32)cc1. The number of benzene rings is 2. The van der Waals surface area contributed by atoms with Gasteiger partial charge in [-0.05, 0) is 44.0 Å². The van der Waals surface area contributed by atoms with Crippen LogP contribution in [0.1, 0.15) is 48.3 Å². The predicted molar refractivity (Wildman–Crippen MR) is 131 cm³/mol. The van der Waals surface area contributed by atoms with Crippen molar-refractivity contribution in [2.45, 2.75) is 37.3 Å². The lowest BCUT2D eigenvalue weighted by atomic mass is 9.98. The van der Waals surface area contributed by atoms with Crippen molar-refractivity contribution in [1.29, 1.82) is 5.26 Å². The van der Waals surface area contributed by atoms with Crippen LogP contribution < -0.4 is 21.1 Å². The van der Waals surface area contributed by atoms with E-state index in [2.05, 4.69) is 73.1 Å². The molecule has 4 rings (SSSR count). The Morgan fingerprint density at radius 2 is 1.81 bits per heavy atom. The summed E-state index contributed by atoms with van der Waals surface area (Å²) in [5.74, 6) is 1.19. The Bertz CT molecular complexity index is 1180. The highest BCUT2D eigenvalue weighted by Gasteiger charge is 2.34. The maximum Gasteiger partial charge on any atom is 0.228 e. The van der Waals surface area contributed by atoms with Gasteiger partial charge in [-0.3, -0.25) is 0 Å². The standard InChI is InChI=1S/C25H27N5OS/c1-4-15-7-10-17(11-8-15)32-23-18-12-9-16(30(5-2)6-3)13-20(18)31-25-21(23)22(27)19(14-26)24(28)29-25/h7-13,23H,4-6H2,1-3H3,(H4,27,28,29). The molecular formula is C25H27N5OS. The molecule has 32 heavy (non-hydrogen) atoms. The highest BCUT2D eigenvalue weighted by molar-refractivity contribution is 7.99. The number of hydrogen-bond acceptors (Lipinski definition) is 7. The van der Waals surface area contributed by atoms with Gasteiger partial charge in [0.2, 0.25) is 5.88 Å². The number of fused-ring (bicyclic) bond motifs is 2. The first-order valence-corrected chi connectivity index (χ1v) is 11.7. The molecule has 1 aromatic heterocycles. The van der Waals surface area contributed by atoms with Crippen LogP contribution in [0.4, 0.5) is 17.2 Å². The number of pyridine rings is 1. The highest BCUT2D eigenvalue weighted by Crippen LogP contribution is 2.54. The van der Waals surface area contributed by atoms with Crippen LogP contribution in [-0.2, 0) is 6.42 Å². The molecule has 0 aliphatic carbocycles. The van der Waals surface area contributed by atoms with E-state index in [4.69, 9.17) is 16.2 Å². The Morgan fingerprint density at radius 3 is 2.44 bits per heavy atom. The molecular weight excluding hydrogens is 418 g/mol. The van der Waals surface area contributed by atoms with E-state index in [0.29, 0.717) is 17.1 Å². The minimum absolute atomic E-state index is 0.0862. The van der Waals surface area contributed by atoms with Gasteiger partial charge in [-0.1, -0.05) is 25.1 Å². The fraction of sp³-hybridized carbons (Fsp3) is 0.280. The summed E-state index contributed by atoms with van der Waals surface area (Å²) in [6.07, 6.45) is 0.990. The first-order valence-electron chi connectivity index (χ1n) is 10.8. The molecule has 0 fully saturated rings. The van der Waals surface area contributed by atoms with Crippen molar-refractivity contribution in [3.05, 3.63) is 64.7 Å². The molecule has 2 aromatic carbocycles. The summed E-state index contributed by atoms with van der Waals surface area (Å²) < 4.78 is 6.20. The Hall–Kier alpha value is -3.37. The van der Waals surface area contributed by atoms with Gasteiger partial charge >= 0.3 is 0 Å². The number of rotatable bonds is 6. The second-order valence-corrected chi connectivity index (χ2v) is 8.79. The smallest absolute Gasteiger partial charge is 0.228 e. The summed E-state index contributed by atoms with van der Waals surface area (Å²) >= 11 is 1.67. The lowest BCUT2D eigenvalue weighted by molar-refractivity contribution is 0.441. The minimum atomic E-state index is -0.174. The van der Waals surface area contributed by atoms with Crippen molar-refractivity contribution in [1.82, 2.24) is 4.98 Å². The van der Waals surface area contributed by atoms with E-state index in [0.717, 1.165) is 41.4 Å². The van der Waals surface area contributed by atoms with E-state index >= 15 is 0 Å². The molecule has 2 heterocycles. The number of nitrogen functional groups attached to an aromatic ring is 2. The van der Waals surface area contributed by atoms with Gasteiger partial charge in [0, 0.05) is 35.3 Å². The van der Waals surface area contributed by atoms with Gasteiger partial charge in [-0.25, -0.2) is 0 Å². The molecule has 1 aliphatic heterocycles.